The van der Waals surface area contributed by atoms with E-state index in [0.717, 1.165) is 24.3 Å². The summed E-state index contributed by atoms with van der Waals surface area (Å²) in [5.41, 5.74) is -0.188. The molecule has 0 bridgehead atoms. The summed E-state index contributed by atoms with van der Waals surface area (Å²) in [4.78, 5) is 22.1. The summed E-state index contributed by atoms with van der Waals surface area (Å²) in [5, 5.41) is 14.9. The van der Waals surface area contributed by atoms with Crippen molar-refractivity contribution in [1.29, 1.82) is 0 Å². The van der Waals surface area contributed by atoms with Gasteiger partial charge in [-0.25, -0.2) is 13.1 Å². The molecule has 0 aliphatic carbocycles. The van der Waals surface area contributed by atoms with Crippen LogP contribution in [0, 0.1) is 10.1 Å². The Bertz CT molecular complexity index is 786. The maximum absolute atomic E-state index is 12.0. The second-order valence-corrected chi connectivity index (χ2v) is 7.10. The maximum atomic E-state index is 12.0. The van der Waals surface area contributed by atoms with Crippen LogP contribution >= 0.6 is 11.3 Å². The molecular weight excluding hydrogens is 342 g/mol. The second kappa shape index (κ2) is 7.31. The van der Waals surface area contributed by atoms with Crippen molar-refractivity contribution < 1.29 is 18.1 Å². The van der Waals surface area contributed by atoms with Crippen molar-refractivity contribution in [2.45, 2.75) is 4.90 Å². The fraction of sp³-hybridized carbons (Fsp3) is 0.154. The number of thiophene rings is 1. The summed E-state index contributed by atoms with van der Waals surface area (Å²) in [6, 6.07) is 7.97. The molecule has 0 aliphatic heterocycles. The molecule has 1 aromatic carbocycles. The normalized spacial score (nSPS) is 11.1. The first kappa shape index (κ1) is 17.1. The summed E-state index contributed by atoms with van der Waals surface area (Å²) >= 11 is 1.29. The Hall–Kier alpha value is -2.30. The number of rotatable bonds is 7. The zero-order valence-electron chi connectivity index (χ0n) is 11.8. The molecule has 0 aliphatic rings. The number of sulfonamides is 1. The molecule has 0 radical (unpaired) electrons. The fourth-order valence-corrected chi connectivity index (χ4v) is 3.36. The van der Waals surface area contributed by atoms with Gasteiger partial charge in [0.1, 0.15) is 0 Å². The van der Waals surface area contributed by atoms with Crippen molar-refractivity contribution in [2.24, 2.45) is 0 Å². The monoisotopic (exact) mass is 355 g/mol. The van der Waals surface area contributed by atoms with Crippen molar-refractivity contribution in [3.63, 3.8) is 0 Å². The van der Waals surface area contributed by atoms with E-state index < -0.39 is 14.9 Å². The van der Waals surface area contributed by atoms with Gasteiger partial charge in [0.05, 0.1) is 14.7 Å². The molecule has 10 heteroatoms. The van der Waals surface area contributed by atoms with Gasteiger partial charge in [0.15, 0.2) is 0 Å². The Morgan fingerprint density at radius 2 is 1.87 bits per heavy atom. The predicted molar refractivity (Wildman–Crippen MR) is 84.9 cm³/mol. The molecule has 23 heavy (non-hydrogen) atoms. The first-order chi connectivity index (χ1) is 10.9. The Morgan fingerprint density at radius 3 is 2.43 bits per heavy atom. The predicted octanol–water partition coefficient (Wildman–Crippen LogP) is 1.36. The lowest BCUT2D eigenvalue weighted by Crippen LogP contribution is -2.34. The van der Waals surface area contributed by atoms with Crippen LogP contribution in [0.15, 0.2) is 46.7 Å². The van der Waals surface area contributed by atoms with Crippen molar-refractivity contribution in [3.05, 3.63) is 56.8 Å². The number of benzene rings is 1. The summed E-state index contributed by atoms with van der Waals surface area (Å²) < 4.78 is 26.3. The average molecular weight is 355 g/mol. The SMILES string of the molecule is O=C(NCCNS(=O)(=O)c1ccc([N+](=O)[O-])cc1)c1cccs1. The fourth-order valence-electron chi connectivity index (χ4n) is 1.69. The summed E-state index contributed by atoms with van der Waals surface area (Å²) in [5.74, 6) is -0.269. The highest BCUT2D eigenvalue weighted by Gasteiger charge is 2.15. The van der Waals surface area contributed by atoms with Crippen molar-refractivity contribution >= 4 is 33.0 Å². The van der Waals surface area contributed by atoms with Gasteiger partial charge in [0.2, 0.25) is 10.0 Å². The summed E-state index contributed by atoms with van der Waals surface area (Å²) in [6.45, 7) is 0.138. The molecular formula is C13H13N3O5S2. The smallest absolute Gasteiger partial charge is 0.269 e. The third-order valence-electron chi connectivity index (χ3n) is 2.81. The van der Waals surface area contributed by atoms with Gasteiger partial charge in [-0.15, -0.1) is 11.3 Å². The molecule has 1 heterocycles. The van der Waals surface area contributed by atoms with Gasteiger partial charge in [-0.1, -0.05) is 6.07 Å². The molecule has 2 rings (SSSR count). The molecule has 2 aromatic rings. The zero-order valence-corrected chi connectivity index (χ0v) is 13.4. The average Bonchev–Trinajstić information content (AvgIpc) is 3.06. The molecule has 122 valence electrons. The lowest BCUT2D eigenvalue weighted by Gasteiger charge is -2.07. The minimum atomic E-state index is -3.78. The van der Waals surface area contributed by atoms with Gasteiger partial charge in [0, 0.05) is 25.2 Å². The van der Waals surface area contributed by atoms with Gasteiger partial charge in [-0.3, -0.25) is 14.9 Å². The van der Waals surface area contributed by atoms with Gasteiger partial charge in [0.25, 0.3) is 11.6 Å². The molecule has 1 amide bonds. The first-order valence-electron chi connectivity index (χ1n) is 6.46. The third-order valence-corrected chi connectivity index (χ3v) is 5.15. The number of nitrogens with one attached hydrogen (secondary N) is 2. The van der Waals surface area contributed by atoms with E-state index in [0.29, 0.717) is 4.88 Å². The molecule has 0 spiro atoms. The van der Waals surface area contributed by atoms with E-state index in [1.165, 1.54) is 11.3 Å². The van der Waals surface area contributed by atoms with Gasteiger partial charge in [-0.05, 0) is 23.6 Å². The van der Waals surface area contributed by atoms with E-state index in [1.54, 1.807) is 17.5 Å². The van der Waals surface area contributed by atoms with E-state index in [2.05, 4.69) is 10.0 Å². The van der Waals surface area contributed by atoms with E-state index in [4.69, 9.17) is 0 Å². The summed E-state index contributed by atoms with van der Waals surface area (Å²) in [7, 11) is -3.78. The molecule has 0 fully saturated rings. The van der Waals surface area contributed by atoms with Crippen LogP contribution in [-0.4, -0.2) is 32.3 Å². The zero-order chi connectivity index (χ0) is 16.9. The Labute approximate surface area is 136 Å². The van der Waals surface area contributed by atoms with Crippen LogP contribution in [0.5, 0.6) is 0 Å². The number of non-ortho nitro benzene ring substituents is 1. The largest absolute Gasteiger partial charge is 0.350 e. The quantitative estimate of drug-likeness (QED) is 0.442. The number of carbonyl (C=O) groups is 1. The van der Waals surface area contributed by atoms with Crippen LogP contribution in [0.1, 0.15) is 9.67 Å². The van der Waals surface area contributed by atoms with Crippen molar-refractivity contribution in [2.75, 3.05) is 13.1 Å². The topological polar surface area (TPSA) is 118 Å². The number of hydrogen-bond donors (Lipinski definition) is 2. The number of amides is 1. The Morgan fingerprint density at radius 1 is 1.17 bits per heavy atom. The molecule has 8 nitrogen and oxygen atoms in total. The van der Waals surface area contributed by atoms with E-state index in [1.807, 2.05) is 0 Å². The van der Waals surface area contributed by atoms with Crippen LogP contribution in [-0.2, 0) is 10.0 Å². The van der Waals surface area contributed by atoms with Crippen LogP contribution in [0.3, 0.4) is 0 Å². The van der Waals surface area contributed by atoms with Crippen LogP contribution in [0.25, 0.3) is 0 Å². The molecule has 1 aromatic heterocycles. The Kier molecular flexibility index (Phi) is 5.42. The number of carbonyl (C=O) groups excluding carboxylic acids is 1. The lowest BCUT2D eigenvalue weighted by molar-refractivity contribution is -0.384. The lowest BCUT2D eigenvalue weighted by atomic mass is 10.3. The number of hydrogen-bond acceptors (Lipinski definition) is 6. The molecule has 0 unspecified atom stereocenters. The van der Waals surface area contributed by atoms with Gasteiger partial charge < -0.3 is 5.32 Å². The Balaban J connectivity index is 1.86. The van der Waals surface area contributed by atoms with Crippen LogP contribution < -0.4 is 10.0 Å². The number of nitro benzene ring substituents is 1. The van der Waals surface area contributed by atoms with Crippen molar-refractivity contribution in [1.82, 2.24) is 10.0 Å². The molecule has 2 N–H and O–H groups in total. The maximum Gasteiger partial charge on any atom is 0.269 e. The highest BCUT2D eigenvalue weighted by atomic mass is 32.2. The second-order valence-electron chi connectivity index (χ2n) is 4.38. The molecule has 0 saturated heterocycles. The van der Waals surface area contributed by atoms with Crippen LogP contribution in [0.2, 0.25) is 0 Å². The van der Waals surface area contributed by atoms with E-state index in [-0.39, 0.29) is 29.6 Å². The van der Waals surface area contributed by atoms with Gasteiger partial charge in [-0.2, -0.15) is 0 Å². The minimum Gasteiger partial charge on any atom is -0.350 e. The standard InChI is InChI=1S/C13H13N3O5S2/c17-13(12-2-1-9-22-12)14-7-8-15-23(20,21)11-5-3-10(4-6-11)16(18)19/h1-6,9,15H,7-8H2,(H,14,17). The highest BCUT2D eigenvalue weighted by Crippen LogP contribution is 2.15. The first-order valence-corrected chi connectivity index (χ1v) is 8.82. The minimum absolute atomic E-state index is 0.0104. The van der Waals surface area contributed by atoms with E-state index in [9.17, 15) is 23.3 Å². The van der Waals surface area contributed by atoms with Crippen molar-refractivity contribution in [3.8, 4) is 0 Å². The summed E-state index contributed by atoms with van der Waals surface area (Å²) in [6.07, 6.45) is 0. The number of nitro groups is 1. The molecule has 0 saturated carbocycles. The van der Waals surface area contributed by atoms with Crippen LogP contribution in [0.4, 0.5) is 5.69 Å². The molecule has 0 atom stereocenters. The highest BCUT2D eigenvalue weighted by molar-refractivity contribution is 7.89. The van der Waals surface area contributed by atoms with Gasteiger partial charge >= 0.3 is 0 Å². The number of nitrogens with zero attached hydrogens (tertiary/aromatic N) is 1. The van der Waals surface area contributed by atoms with E-state index >= 15 is 0 Å². The third kappa shape index (κ3) is 4.58.